The summed E-state index contributed by atoms with van der Waals surface area (Å²) in [5.41, 5.74) is 0.0553. The van der Waals surface area contributed by atoms with Crippen molar-refractivity contribution in [3.05, 3.63) is 35.9 Å². The number of carbonyl (C=O) groups is 2. The van der Waals surface area contributed by atoms with Crippen LogP contribution in [0.1, 0.15) is 52.5 Å². The highest BCUT2D eigenvalue weighted by Crippen LogP contribution is 2.41. The van der Waals surface area contributed by atoms with Crippen LogP contribution in [-0.4, -0.2) is 40.3 Å². The van der Waals surface area contributed by atoms with Crippen LogP contribution in [0.3, 0.4) is 0 Å². The highest BCUT2D eigenvalue weighted by atomic mass is 16.6. The minimum absolute atomic E-state index is 0.0729. The number of carbonyl (C=O) groups excluding carboxylic acids is 1. The number of benzene rings is 1. The molecule has 2 rings (SSSR count). The number of likely N-dealkylation sites (tertiary alicyclic amines) is 1. The van der Waals surface area contributed by atoms with Gasteiger partial charge >= 0.3 is 12.1 Å². The van der Waals surface area contributed by atoms with Crippen molar-refractivity contribution in [2.75, 3.05) is 6.54 Å². The fourth-order valence-corrected chi connectivity index (χ4v) is 3.53. The van der Waals surface area contributed by atoms with Crippen molar-refractivity contribution < 1.29 is 19.4 Å². The second-order valence-corrected chi connectivity index (χ2v) is 7.69. The first kappa shape index (κ1) is 18.3. The molecule has 1 aromatic carbocycles. The Kier molecular flexibility index (Phi) is 5.21. The molecular formula is C19H27NO4. The Balaban J connectivity index is 2.21. The maximum Gasteiger partial charge on any atom is 0.410 e. The van der Waals surface area contributed by atoms with E-state index in [1.807, 2.05) is 58.0 Å². The number of hydrogen-bond acceptors (Lipinski definition) is 3. The number of carboxylic acids is 1. The van der Waals surface area contributed by atoms with Crippen LogP contribution in [0.2, 0.25) is 0 Å². The molecule has 2 unspecified atom stereocenters. The van der Waals surface area contributed by atoms with E-state index >= 15 is 0 Å². The predicted molar refractivity (Wildman–Crippen MR) is 92.0 cm³/mol. The average molecular weight is 333 g/mol. The van der Waals surface area contributed by atoms with E-state index in [0.717, 1.165) is 5.56 Å². The lowest BCUT2D eigenvalue weighted by atomic mass is 9.68. The van der Waals surface area contributed by atoms with Gasteiger partial charge in [-0.25, -0.2) is 4.79 Å². The van der Waals surface area contributed by atoms with Gasteiger partial charge in [-0.2, -0.15) is 0 Å². The van der Waals surface area contributed by atoms with Gasteiger partial charge in [-0.05, 0) is 46.1 Å². The van der Waals surface area contributed by atoms with E-state index in [4.69, 9.17) is 4.74 Å². The first-order valence-electron chi connectivity index (χ1n) is 8.40. The van der Waals surface area contributed by atoms with Crippen LogP contribution in [-0.2, 0) is 14.9 Å². The summed E-state index contributed by atoms with van der Waals surface area (Å²) in [5, 5.41) is 9.40. The molecule has 1 saturated heterocycles. The van der Waals surface area contributed by atoms with Gasteiger partial charge in [0.1, 0.15) is 5.60 Å². The smallest absolute Gasteiger partial charge is 0.410 e. The molecule has 1 heterocycles. The molecule has 1 aliphatic heterocycles. The summed E-state index contributed by atoms with van der Waals surface area (Å²) in [6.07, 6.45) is 0.978. The van der Waals surface area contributed by atoms with Crippen molar-refractivity contribution in [2.45, 2.75) is 64.0 Å². The normalized spacial score (nSPS) is 24.5. The standard InChI is InChI=1S/C19H27NO4/c1-14-12-19(13-16(21)22,15-8-6-5-7-9-15)10-11-20(14)17(23)24-18(2,3)4/h5-9,14H,10-13H2,1-4H3,(H,21,22). The van der Waals surface area contributed by atoms with Crippen LogP contribution >= 0.6 is 0 Å². The Morgan fingerprint density at radius 3 is 2.42 bits per heavy atom. The SMILES string of the molecule is CC1CC(CC(=O)O)(c2ccccc2)CCN1C(=O)OC(C)(C)C. The highest BCUT2D eigenvalue weighted by Gasteiger charge is 2.43. The van der Waals surface area contributed by atoms with E-state index in [0.29, 0.717) is 19.4 Å². The van der Waals surface area contributed by atoms with Gasteiger partial charge in [-0.15, -0.1) is 0 Å². The summed E-state index contributed by atoms with van der Waals surface area (Å²) in [7, 11) is 0. The van der Waals surface area contributed by atoms with Crippen molar-refractivity contribution in [2.24, 2.45) is 0 Å². The highest BCUT2D eigenvalue weighted by molar-refractivity contribution is 5.70. The molecule has 1 aliphatic rings. The average Bonchev–Trinajstić information content (AvgIpc) is 2.45. The van der Waals surface area contributed by atoms with Crippen molar-refractivity contribution in [1.82, 2.24) is 4.90 Å². The molecule has 0 spiro atoms. The van der Waals surface area contributed by atoms with Crippen molar-refractivity contribution in [3.8, 4) is 0 Å². The van der Waals surface area contributed by atoms with Crippen LogP contribution in [0.25, 0.3) is 0 Å². The second-order valence-electron chi connectivity index (χ2n) is 7.69. The predicted octanol–water partition coefficient (Wildman–Crippen LogP) is 3.82. The number of rotatable bonds is 3. The lowest BCUT2D eigenvalue weighted by Crippen LogP contribution is -2.52. The van der Waals surface area contributed by atoms with Gasteiger partial charge in [-0.3, -0.25) is 4.79 Å². The van der Waals surface area contributed by atoms with Gasteiger partial charge in [0, 0.05) is 18.0 Å². The molecule has 132 valence electrons. The fraction of sp³-hybridized carbons (Fsp3) is 0.579. The Morgan fingerprint density at radius 1 is 1.29 bits per heavy atom. The third-order valence-electron chi connectivity index (χ3n) is 4.55. The molecule has 1 N–H and O–H groups in total. The van der Waals surface area contributed by atoms with Gasteiger partial charge in [0.2, 0.25) is 0 Å². The minimum atomic E-state index is -0.809. The van der Waals surface area contributed by atoms with Gasteiger partial charge in [0.25, 0.3) is 0 Å². The quantitative estimate of drug-likeness (QED) is 0.913. The summed E-state index contributed by atoms with van der Waals surface area (Å²) >= 11 is 0. The molecule has 1 aromatic rings. The van der Waals surface area contributed by atoms with E-state index in [1.54, 1.807) is 4.90 Å². The maximum atomic E-state index is 12.4. The van der Waals surface area contributed by atoms with Gasteiger partial charge in [0.05, 0.1) is 6.42 Å². The Bertz CT molecular complexity index is 593. The molecule has 5 heteroatoms. The summed E-state index contributed by atoms with van der Waals surface area (Å²) in [4.78, 5) is 25.5. The first-order chi connectivity index (χ1) is 11.1. The minimum Gasteiger partial charge on any atom is -0.481 e. The number of ether oxygens (including phenoxy) is 1. The van der Waals surface area contributed by atoms with E-state index in [9.17, 15) is 14.7 Å². The Morgan fingerprint density at radius 2 is 1.92 bits per heavy atom. The Labute approximate surface area is 143 Å². The molecule has 2 atom stereocenters. The summed E-state index contributed by atoms with van der Waals surface area (Å²) in [5.74, 6) is -0.809. The summed E-state index contributed by atoms with van der Waals surface area (Å²) in [6.45, 7) is 8.00. The van der Waals surface area contributed by atoms with Crippen LogP contribution < -0.4 is 0 Å². The monoisotopic (exact) mass is 333 g/mol. The third kappa shape index (κ3) is 4.28. The number of piperidine rings is 1. The van der Waals surface area contributed by atoms with Gasteiger partial charge in [0.15, 0.2) is 0 Å². The molecule has 0 aliphatic carbocycles. The van der Waals surface area contributed by atoms with Crippen molar-refractivity contribution in [3.63, 3.8) is 0 Å². The largest absolute Gasteiger partial charge is 0.481 e. The van der Waals surface area contributed by atoms with E-state index in [1.165, 1.54) is 0 Å². The molecule has 24 heavy (non-hydrogen) atoms. The lowest BCUT2D eigenvalue weighted by Gasteiger charge is -2.45. The van der Waals surface area contributed by atoms with Gasteiger partial charge < -0.3 is 14.7 Å². The van der Waals surface area contributed by atoms with Gasteiger partial charge in [-0.1, -0.05) is 30.3 Å². The fourth-order valence-electron chi connectivity index (χ4n) is 3.53. The van der Waals surface area contributed by atoms with Crippen molar-refractivity contribution in [1.29, 1.82) is 0 Å². The number of nitrogens with zero attached hydrogens (tertiary/aromatic N) is 1. The van der Waals surface area contributed by atoms with Crippen LogP contribution in [0, 0.1) is 0 Å². The number of aliphatic carboxylic acids is 1. The maximum absolute atomic E-state index is 12.4. The zero-order valence-corrected chi connectivity index (χ0v) is 14.9. The molecule has 0 saturated carbocycles. The van der Waals surface area contributed by atoms with Crippen LogP contribution in [0.15, 0.2) is 30.3 Å². The zero-order chi connectivity index (χ0) is 18.0. The van der Waals surface area contributed by atoms with Crippen molar-refractivity contribution >= 4 is 12.1 Å². The first-order valence-corrected chi connectivity index (χ1v) is 8.40. The molecule has 1 fully saturated rings. The summed E-state index contributed by atoms with van der Waals surface area (Å²) < 4.78 is 5.47. The second kappa shape index (κ2) is 6.83. The van der Waals surface area contributed by atoms with E-state index < -0.39 is 17.0 Å². The molecule has 0 bridgehead atoms. The number of hydrogen-bond donors (Lipinski definition) is 1. The third-order valence-corrected chi connectivity index (χ3v) is 4.55. The lowest BCUT2D eigenvalue weighted by molar-refractivity contribution is -0.139. The van der Waals surface area contributed by atoms with E-state index in [-0.39, 0.29) is 18.6 Å². The van der Waals surface area contributed by atoms with E-state index in [2.05, 4.69) is 0 Å². The molecule has 0 radical (unpaired) electrons. The topological polar surface area (TPSA) is 66.8 Å². The van der Waals surface area contributed by atoms with Crippen LogP contribution in [0.4, 0.5) is 4.79 Å². The number of carboxylic acid groups (broad SMARTS) is 1. The Hall–Kier alpha value is -2.04. The zero-order valence-electron chi connectivity index (χ0n) is 14.9. The molecular weight excluding hydrogens is 306 g/mol. The van der Waals surface area contributed by atoms with Crippen LogP contribution in [0.5, 0.6) is 0 Å². The molecule has 1 amide bonds. The summed E-state index contributed by atoms with van der Waals surface area (Å²) in [6, 6.07) is 9.69. The molecule has 5 nitrogen and oxygen atoms in total. The number of amides is 1. The molecule has 0 aromatic heterocycles.